The fourth-order valence-electron chi connectivity index (χ4n) is 8.00. The van der Waals surface area contributed by atoms with Crippen molar-refractivity contribution in [2.24, 2.45) is 0 Å². The van der Waals surface area contributed by atoms with Crippen molar-refractivity contribution in [1.82, 2.24) is 0 Å². The second kappa shape index (κ2) is 20.5. The summed E-state index contributed by atoms with van der Waals surface area (Å²) in [5.74, 6) is -103. The van der Waals surface area contributed by atoms with Crippen LogP contribution in [0.2, 0.25) is 0 Å². The second-order valence-corrected chi connectivity index (χ2v) is 15.3. The minimum atomic E-state index is -6.59. The van der Waals surface area contributed by atoms with Crippen LogP contribution in [0.5, 0.6) is 0 Å². The Balaban J connectivity index is 1.66. The van der Waals surface area contributed by atoms with Gasteiger partial charge in [0.15, 0.2) is 117 Å². The molecule has 0 radical (unpaired) electrons. The zero-order valence-corrected chi connectivity index (χ0v) is 35.2. The first-order chi connectivity index (χ1) is 35.3. The monoisotopic (exact) mass is 1130 g/mol. The van der Waals surface area contributed by atoms with E-state index in [1.54, 1.807) is 0 Å². The van der Waals surface area contributed by atoms with Gasteiger partial charge < -0.3 is 9.51 Å². The average molecular weight is 1130 g/mol. The number of halogens is 30. The summed E-state index contributed by atoms with van der Waals surface area (Å²) in [6.45, 7) is 0. The standard InChI is InChI=1S/C42H8B2F30N2/c45-13-7(14(46)26(58)37(69)25(13)57)43(8-15(47)27(59)38(70)28(60)16(8)48,9-17(49)29(61)39(71)30(62)18(9)50)75-5-3-1-2-4-6-76-44(10-19(51)31(63)40(72)32(64)20(10)52,11-21(53)33(65)41(73)34(66)22(11)54)12-23(55)35(67)42(74)36(68)24(12)56/h1-4H2. The van der Waals surface area contributed by atoms with E-state index in [0.717, 1.165) is 0 Å². The summed E-state index contributed by atoms with van der Waals surface area (Å²) in [4.78, 5) is 0. The summed E-state index contributed by atoms with van der Waals surface area (Å²) in [5.41, 5.74) is -19.4. The quantitative estimate of drug-likeness (QED) is 0.0449. The Kier molecular flexibility index (Phi) is 15.5. The van der Waals surface area contributed by atoms with Crippen molar-refractivity contribution in [3.63, 3.8) is 0 Å². The molecule has 0 fully saturated rings. The van der Waals surface area contributed by atoms with Gasteiger partial charge in [0.2, 0.25) is 0 Å². The van der Waals surface area contributed by atoms with E-state index >= 15 is 52.7 Å². The van der Waals surface area contributed by atoms with E-state index < -0.39 is 246 Å². The van der Waals surface area contributed by atoms with Crippen LogP contribution in [-0.2, 0) is 0 Å². The molecule has 0 aromatic heterocycles. The van der Waals surface area contributed by atoms with Crippen molar-refractivity contribution in [2.45, 2.75) is 25.7 Å². The lowest BCUT2D eigenvalue weighted by Gasteiger charge is -2.29. The zero-order chi connectivity index (χ0) is 57.4. The molecular formula is C42H8B2F30N2. The average Bonchev–Trinajstić information content (AvgIpc) is 3.39. The van der Waals surface area contributed by atoms with Gasteiger partial charge in [-0.2, -0.15) is 0 Å². The fraction of sp³-hybridized carbons (Fsp3) is 0.0952. The van der Waals surface area contributed by atoms with E-state index in [0.29, 0.717) is 0 Å². The predicted octanol–water partition coefficient (Wildman–Crippen LogP) is 10.7. The Bertz CT molecular complexity index is 2910. The van der Waals surface area contributed by atoms with Crippen LogP contribution in [0, 0.1) is 187 Å². The van der Waals surface area contributed by atoms with Crippen molar-refractivity contribution in [3.8, 4) is 12.1 Å². The number of nitrogens with zero attached hydrogens (tertiary/aromatic N) is 2. The summed E-state index contributed by atoms with van der Waals surface area (Å²) in [6.07, 6.45) is -18.7. The third kappa shape index (κ3) is 8.24. The van der Waals surface area contributed by atoms with Crippen molar-refractivity contribution in [3.05, 3.63) is 184 Å². The first kappa shape index (κ1) is 57.6. The number of benzene rings is 6. The van der Waals surface area contributed by atoms with E-state index in [1.165, 1.54) is 12.1 Å². The van der Waals surface area contributed by atoms with Crippen molar-refractivity contribution in [2.75, 3.05) is 0 Å². The van der Waals surface area contributed by atoms with Crippen molar-refractivity contribution < 1.29 is 132 Å². The largest absolute Gasteiger partial charge is 0.496 e. The highest BCUT2D eigenvalue weighted by Gasteiger charge is 2.61. The number of hydrogen-bond donors (Lipinski definition) is 0. The zero-order valence-electron chi connectivity index (χ0n) is 35.2. The molecule has 0 aliphatic rings. The molecular weight excluding hydrogens is 1120 g/mol. The van der Waals surface area contributed by atoms with Gasteiger partial charge >= 0.3 is 12.6 Å². The maximum absolute atomic E-state index is 15.7. The van der Waals surface area contributed by atoms with Gasteiger partial charge in [0, 0.05) is 0 Å². The predicted molar refractivity (Wildman–Crippen MR) is 200 cm³/mol. The summed E-state index contributed by atoms with van der Waals surface area (Å²) in [6, 6.07) is 2.51. The second-order valence-electron chi connectivity index (χ2n) is 15.3. The third-order valence-electron chi connectivity index (χ3n) is 11.4. The molecule has 402 valence electrons. The molecule has 6 aromatic carbocycles. The highest BCUT2D eigenvalue weighted by atomic mass is 19.2. The van der Waals surface area contributed by atoms with E-state index in [4.69, 9.17) is 0 Å². The van der Waals surface area contributed by atoms with Gasteiger partial charge in [0.1, 0.15) is 69.8 Å². The molecule has 76 heavy (non-hydrogen) atoms. The number of hydrogen-bond acceptors (Lipinski definition) is 0. The molecule has 0 heterocycles. The number of rotatable bonds is 9. The molecule has 0 aliphatic heterocycles. The molecule has 6 rings (SSSR count). The van der Waals surface area contributed by atoms with Crippen LogP contribution in [-0.4, -0.2) is 12.6 Å². The van der Waals surface area contributed by atoms with Crippen LogP contribution < -0.4 is 32.8 Å². The number of unbranched alkanes of at least 4 members (excludes halogenated alkanes) is 3. The Morgan fingerprint density at radius 2 is 0.289 bits per heavy atom. The van der Waals surface area contributed by atoms with E-state index in [1.807, 2.05) is 0 Å². The van der Waals surface area contributed by atoms with Crippen molar-refractivity contribution in [1.29, 1.82) is 0 Å². The maximum atomic E-state index is 15.7. The third-order valence-corrected chi connectivity index (χ3v) is 11.4. The van der Waals surface area contributed by atoms with Gasteiger partial charge in [-0.25, -0.2) is 132 Å². The van der Waals surface area contributed by atoms with E-state index in [-0.39, 0.29) is 0 Å². The summed E-state index contributed by atoms with van der Waals surface area (Å²) in [5, 5.41) is 0. The Hall–Kier alpha value is -7.67. The van der Waals surface area contributed by atoms with Crippen LogP contribution in [0.25, 0.3) is 9.51 Å². The van der Waals surface area contributed by atoms with Crippen LogP contribution >= 0.6 is 0 Å². The minimum absolute atomic E-state index is 1.21. The topological polar surface area (TPSA) is 8.72 Å². The molecule has 0 spiro atoms. The summed E-state index contributed by atoms with van der Waals surface area (Å²) >= 11 is 0. The van der Waals surface area contributed by atoms with Gasteiger partial charge in [-0.3, -0.25) is 0 Å². The first-order valence-electron chi connectivity index (χ1n) is 19.6. The molecule has 0 N–H and O–H groups in total. The molecule has 0 atom stereocenters. The van der Waals surface area contributed by atoms with Gasteiger partial charge in [0.05, 0.1) is 12.8 Å². The lowest BCUT2D eigenvalue weighted by molar-refractivity contribution is 0.379. The Morgan fingerprint density at radius 1 is 0.184 bits per heavy atom. The van der Waals surface area contributed by atoms with E-state index in [9.17, 15) is 79.0 Å². The lowest BCUT2D eigenvalue weighted by Crippen LogP contribution is -2.71. The molecule has 0 amide bonds. The van der Waals surface area contributed by atoms with Crippen LogP contribution in [0.1, 0.15) is 25.7 Å². The molecule has 34 heteroatoms. The van der Waals surface area contributed by atoms with Gasteiger partial charge in [-0.15, -0.1) is 0 Å². The first-order valence-corrected chi connectivity index (χ1v) is 19.6. The fourth-order valence-corrected chi connectivity index (χ4v) is 8.00. The van der Waals surface area contributed by atoms with Gasteiger partial charge in [-0.05, 0) is 45.6 Å². The summed E-state index contributed by atoms with van der Waals surface area (Å²) < 4.78 is 457. The highest BCUT2D eigenvalue weighted by Crippen LogP contribution is 2.32. The molecule has 6 aromatic rings. The molecule has 0 saturated carbocycles. The van der Waals surface area contributed by atoms with Crippen LogP contribution in [0.4, 0.5) is 132 Å². The lowest BCUT2D eigenvalue weighted by atomic mass is 9.24. The smallest absolute Gasteiger partial charge is 0.333 e. The normalized spacial score (nSPS) is 11.8. The van der Waals surface area contributed by atoms with E-state index in [2.05, 4.69) is 9.51 Å². The highest BCUT2D eigenvalue weighted by molar-refractivity contribution is 7.14. The van der Waals surface area contributed by atoms with Crippen LogP contribution in [0.15, 0.2) is 0 Å². The Labute approximate surface area is 398 Å². The van der Waals surface area contributed by atoms with Crippen molar-refractivity contribution >= 4 is 45.3 Å². The summed E-state index contributed by atoms with van der Waals surface area (Å²) in [7, 11) is 0. The van der Waals surface area contributed by atoms with Gasteiger partial charge in [-0.1, -0.05) is 0 Å². The minimum Gasteiger partial charge on any atom is -0.333 e. The van der Waals surface area contributed by atoms with Gasteiger partial charge in [0.25, 0.3) is 0 Å². The maximum Gasteiger partial charge on any atom is 0.496 e. The van der Waals surface area contributed by atoms with Crippen LogP contribution in [0.3, 0.4) is 0 Å². The Morgan fingerprint density at radius 3 is 0.408 bits per heavy atom. The SMILES string of the molecule is Fc1c(F)c(F)c([B-]([N+]#CCCCCC#[N+][B-](c2c(F)c(F)c(F)c(F)c2F)(c2c(F)c(F)c(F)c(F)c2F)c2c(F)c(F)c(F)c(F)c2F)(c2c(F)c(F)c(F)c(F)c2F)c2c(F)c(F)c(F)c(F)c2F)c(F)c1F. The molecule has 0 saturated heterocycles. The molecule has 2 nitrogen and oxygen atoms in total. The molecule has 0 aliphatic carbocycles. The molecule has 0 unspecified atom stereocenters. The molecule has 0 bridgehead atoms.